The number of aryl methyl sites for hydroxylation is 1. The minimum Gasteiger partial charge on any atom is -0.457 e. The molecule has 4 nitrogen and oxygen atoms in total. The molecule has 3 rings (SSSR count). The number of nitrogens with zero attached hydrogens (tertiary/aromatic N) is 1. The van der Waals surface area contributed by atoms with Crippen LogP contribution in [0.4, 0.5) is 0 Å². The fraction of sp³-hybridized carbons (Fsp3) is 0.214. The molecule has 0 amide bonds. The second-order valence-corrected chi connectivity index (χ2v) is 5.16. The van der Waals surface area contributed by atoms with Gasteiger partial charge in [-0.2, -0.15) is 0 Å². The van der Waals surface area contributed by atoms with Gasteiger partial charge in [-0.1, -0.05) is 6.07 Å². The lowest BCUT2D eigenvalue weighted by atomic mass is 10.1. The lowest BCUT2D eigenvalue weighted by Crippen LogP contribution is -1.93. The van der Waals surface area contributed by atoms with E-state index in [1.54, 1.807) is 17.4 Å². The highest BCUT2D eigenvalue weighted by Crippen LogP contribution is 2.29. The molecule has 1 aliphatic heterocycles. The molecule has 0 saturated carbocycles. The first-order chi connectivity index (χ1) is 9.28. The van der Waals surface area contributed by atoms with Gasteiger partial charge in [0.2, 0.25) is 0 Å². The number of fused-ring (bicyclic) bond motifs is 1. The van der Waals surface area contributed by atoms with Crippen LogP contribution in [0.25, 0.3) is 10.6 Å². The van der Waals surface area contributed by atoms with Gasteiger partial charge in [-0.25, -0.2) is 9.78 Å². The Morgan fingerprint density at radius 2 is 2.32 bits per heavy atom. The summed E-state index contributed by atoms with van der Waals surface area (Å²) in [6, 6.07) is 5.61. The molecule has 1 aromatic carbocycles. The Labute approximate surface area is 114 Å². The van der Waals surface area contributed by atoms with E-state index in [0.717, 1.165) is 28.1 Å². The summed E-state index contributed by atoms with van der Waals surface area (Å²) in [5, 5.41) is 2.87. The molecule has 1 aliphatic rings. The summed E-state index contributed by atoms with van der Waals surface area (Å²) in [5.41, 5.74) is 3.47. The summed E-state index contributed by atoms with van der Waals surface area (Å²) in [6.45, 7) is 0.339. The van der Waals surface area contributed by atoms with E-state index in [-0.39, 0.29) is 5.97 Å². The van der Waals surface area contributed by atoms with Gasteiger partial charge in [-0.15, -0.1) is 11.3 Å². The predicted molar refractivity (Wildman–Crippen MR) is 71.1 cm³/mol. The van der Waals surface area contributed by atoms with Gasteiger partial charge < -0.3 is 9.53 Å². The van der Waals surface area contributed by atoms with Crippen molar-refractivity contribution in [1.29, 1.82) is 0 Å². The number of benzene rings is 1. The first kappa shape index (κ1) is 12.0. The Morgan fingerprint density at radius 3 is 3.16 bits per heavy atom. The van der Waals surface area contributed by atoms with E-state index < -0.39 is 0 Å². The first-order valence-electron chi connectivity index (χ1n) is 5.96. The number of aromatic nitrogens is 1. The van der Waals surface area contributed by atoms with Crippen molar-refractivity contribution in [2.24, 2.45) is 0 Å². The lowest BCUT2D eigenvalue weighted by Gasteiger charge is -1.98. The largest absolute Gasteiger partial charge is 0.457 e. The summed E-state index contributed by atoms with van der Waals surface area (Å²) in [7, 11) is 0. The SMILES string of the molecule is O=CCCc1csc(-c2ccc3c(c2)COC3=O)n1. The van der Waals surface area contributed by atoms with Crippen molar-refractivity contribution in [3.63, 3.8) is 0 Å². The molecule has 0 unspecified atom stereocenters. The first-order valence-corrected chi connectivity index (χ1v) is 6.84. The Hall–Kier alpha value is -2.01. The normalized spacial score (nSPS) is 13.2. The van der Waals surface area contributed by atoms with Crippen molar-refractivity contribution in [3.05, 3.63) is 40.4 Å². The number of aldehydes is 1. The number of hydrogen-bond acceptors (Lipinski definition) is 5. The van der Waals surface area contributed by atoms with E-state index in [1.807, 2.05) is 17.5 Å². The van der Waals surface area contributed by atoms with Crippen LogP contribution in [0.3, 0.4) is 0 Å². The minimum atomic E-state index is -0.257. The highest BCUT2D eigenvalue weighted by molar-refractivity contribution is 7.13. The topological polar surface area (TPSA) is 56.3 Å². The van der Waals surface area contributed by atoms with Crippen LogP contribution >= 0.6 is 11.3 Å². The van der Waals surface area contributed by atoms with Crippen LogP contribution in [0.2, 0.25) is 0 Å². The molecule has 0 aliphatic carbocycles. The molecular weight excluding hydrogens is 262 g/mol. The molecular formula is C14H11NO3S. The summed E-state index contributed by atoms with van der Waals surface area (Å²) < 4.78 is 4.98. The predicted octanol–water partition coefficient (Wildman–Crippen LogP) is 2.61. The fourth-order valence-corrected chi connectivity index (χ4v) is 2.88. The van der Waals surface area contributed by atoms with Crippen molar-refractivity contribution in [1.82, 2.24) is 4.98 Å². The number of esters is 1. The number of carbonyl (C=O) groups is 2. The number of hydrogen-bond donors (Lipinski definition) is 0. The molecule has 2 aromatic rings. The minimum absolute atomic E-state index is 0.257. The number of rotatable bonds is 4. The second-order valence-electron chi connectivity index (χ2n) is 4.30. The van der Waals surface area contributed by atoms with Crippen molar-refractivity contribution in [2.45, 2.75) is 19.4 Å². The lowest BCUT2D eigenvalue weighted by molar-refractivity contribution is -0.107. The molecule has 0 bridgehead atoms. The maximum absolute atomic E-state index is 11.4. The molecule has 0 spiro atoms. The number of cyclic esters (lactones) is 1. The van der Waals surface area contributed by atoms with Gasteiger partial charge in [0.1, 0.15) is 17.9 Å². The highest BCUT2D eigenvalue weighted by Gasteiger charge is 2.21. The third kappa shape index (κ3) is 2.29. The molecule has 0 saturated heterocycles. The summed E-state index contributed by atoms with van der Waals surface area (Å²) >= 11 is 1.55. The Kier molecular flexibility index (Phi) is 3.13. The zero-order valence-corrected chi connectivity index (χ0v) is 10.9. The van der Waals surface area contributed by atoms with Gasteiger partial charge in [0.15, 0.2) is 0 Å². The van der Waals surface area contributed by atoms with Crippen molar-refractivity contribution in [2.75, 3.05) is 0 Å². The van der Waals surface area contributed by atoms with Crippen LogP contribution in [0.1, 0.15) is 28.0 Å². The standard InChI is InChI=1S/C14H11NO3S/c16-5-1-2-11-8-19-13(15-11)9-3-4-12-10(6-9)7-18-14(12)17/h3-6,8H,1-2,7H2. The zero-order valence-electron chi connectivity index (χ0n) is 10.1. The average Bonchev–Trinajstić information content (AvgIpc) is 3.04. The van der Waals surface area contributed by atoms with Crippen molar-refractivity contribution in [3.8, 4) is 10.6 Å². The van der Waals surface area contributed by atoms with Gasteiger partial charge >= 0.3 is 5.97 Å². The molecule has 0 radical (unpaired) electrons. The van der Waals surface area contributed by atoms with E-state index >= 15 is 0 Å². The van der Waals surface area contributed by atoms with Gasteiger partial charge in [0.05, 0.1) is 11.3 Å². The van der Waals surface area contributed by atoms with Crippen molar-refractivity contribution >= 4 is 23.6 Å². The molecule has 5 heteroatoms. The quantitative estimate of drug-likeness (QED) is 0.634. The van der Waals surface area contributed by atoms with E-state index in [0.29, 0.717) is 25.0 Å². The van der Waals surface area contributed by atoms with Gasteiger partial charge in [0, 0.05) is 22.9 Å². The Morgan fingerprint density at radius 1 is 1.42 bits per heavy atom. The van der Waals surface area contributed by atoms with Gasteiger partial charge in [-0.05, 0) is 18.6 Å². The van der Waals surface area contributed by atoms with E-state index in [4.69, 9.17) is 4.74 Å². The van der Waals surface area contributed by atoms with Crippen molar-refractivity contribution < 1.29 is 14.3 Å². The smallest absolute Gasteiger partial charge is 0.338 e. The highest BCUT2D eigenvalue weighted by atomic mass is 32.1. The molecule has 19 heavy (non-hydrogen) atoms. The summed E-state index contributed by atoms with van der Waals surface area (Å²) in [4.78, 5) is 26.2. The molecule has 96 valence electrons. The zero-order chi connectivity index (χ0) is 13.2. The van der Waals surface area contributed by atoms with Crippen LogP contribution in [0.15, 0.2) is 23.6 Å². The molecule has 2 heterocycles. The molecule has 0 N–H and O–H groups in total. The van der Waals surface area contributed by atoms with E-state index in [2.05, 4.69) is 4.98 Å². The van der Waals surface area contributed by atoms with E-state index in [9.17, 15) is 9.59 Å². The summed E-state index contributed by atoms with van der Waals surface area (Å²) in [6.07, 6.45) is 2.07. The molecule has 0 atom stereocenters. The fourth-order valence-electron chi connectivity index (χ4n) is 2.03. The Balaban J connectivity index is 1.88. The van der Waals surface area contributed by atoms with Crippen LogP contribution in [0, 0.1) is 0 Å². The van der Waals surface area contributed by atoms with Crippen LogP contribution in [0.5, 0.6) is 0 Å². The summed E-state index contributed by atoms with van der Waals surface area (Å²) in [5.74, 6) is -0.257. The van der Waals surface area contributed by atoms with Crippen LogP contribution in [-0.4, -0.2) is 17.2 Å². The van der Waals surface area contributed by atoms with Crippen LogP contribution < -0.4 is 0 Å². The number of thiazole rings is 1. The number of carbonyl (C=O) groups excluding carboxylic acids is 2. The molecule has 0 fully saturated rings. The van der Waals surface area contributed by atoms with Gasteiger partial charge in [-0.3, -0.25) is 0 Å². The number of ether oxygens (including phenoxy) is 1. The third-order valence-electron chi connectivity index (χ3n) is 3.00. The average molecular weight is 273 g/mol. The maximum atomic E-state index is 11.4. The monoisotopic (exact) mass is 273 g/mol. The van der Waals surface area contributed by atoms with Gasteiger partial charge in [0.25, 0.3) is 0 Å². The van der Waals surface area contributed by atoms with Crippen LogP contribution in [-0.2, 0) is 22.6 Å². The Bertz CT molecular complexity index is 648. The van der Waals surface area contributed by atoms with E-state index in [1.165, 1.54) is 0 Å². The second kappa shape index (κ2) is 4.93. The third-order valence-corrected chi connectivity index (χ3v) is 3.94. The molecule has 1 aromatic heterocycles. The maximum Gasteiger partial charge on any atom is 0.338 e.